The molecule has 0 unspecified atom stereocenters. The summed E-state index contributed by atoms with van der Waals surface area (Å²) in [6.45, 7) is 2.09. The average molecular weight is 228 g/mol. The van der Waals surface area contributed by atoms with Crippen LogP contribution in [0.1, 0.15) is 42.3 Å². The normalized spacial score (nSPS) is 16.1. The van der Waals surface area contributed by atoms with E-state index in [0.717, 1.165) is 23.3 Å². The summed E-state index contributed by atoms with van der Waals surface area (Å²) >= 11 is 0. The molecule has 3 nitrogen and oxygen atoms in total. The second-order valence-corrected chi connectivity index (χ2v) is 4.88. The molecule has 3 heteroatoms. The summed E-state index contributed by atoms with van der Waals surface area (Å²) in [5.41, 5.74) is 3.24. The predicted molar refractivity (Wildman–Crippen MR) is 66.3 cm³/mol. The maximum atomic E-state index is 10.7. The Morgan fingerprint density at radius 2 is 2.29 bits per heavy atom. The zero-order chi connectivity index (χ0) is 11.8. The predicted octanol–water partition coefficient (Wildman–Crippen LogP) is 2.65. The van der Waals surface area contributed by atoms with Crippen molar-refractivity contribution in [3.8, 4) is 0 Å². The molecule has 2 aromatic rings. The van der Waals surface area contributed by atoms with E-state index in [-0.39, 0.29) is 0 Å². The molecule has 0 radical (unpaired) electrons. The van der Waals surface area contributed by atoms with Crippen LogP contribution in [0.15, 0.2) is 18.3 Å². The monoisotopic (exact) mass is 228 g/mol. The van der Waals surface area contributed by atoms with Crippen molar-refractivity contribution < 1.29 is 4.79 Å². The largest absolute Gasteiger partial charge is 0.303 e. The number of carbonyl (C=O) groups excluding carboxylic acids is 1. The van der Waals surface area contributed by atoms with Crippen molar-refractivity contribution >= 4 is 11.8 Å². The lowest BCUT2D eigenvalue weighted by atomic mass is 9.85. The second-order valence-electron chi connectivity index (χ2n) is 4.88. The van der Waals surface area contributed by atoms with Crippen LogP contribution >= 0.6 is 0 Å². The molecule has 2 heterocycles. The molecule has 0 N–H and O–H groups in total. The van der Waals surface area contributed by atoms with E-state index in [1.54, 1.807) is 0 Å². The summed E-state index contributed by atoms with van der Waals surface area (Å²) in [6, 6.07) is 4.15. The molecule has 17 heavy (non-hydrogen) atoms. The second kappa shape index (κ2) is 3.99. The number of imidazole rings is 1. The number of rotatable bonds is 3. The zero-order valence-electron chi connectivity index (χ0n) is 10.0. The molecule has 1 aliphatic rings. The van der Waals surface area contributed by atoms with Crippen LogP contribution in [0.4, 0.5) is 0 Å². The first-order chi connectivity index (χ1) is 8.29. The standard InChI is InChI=1S/C14H16N2O/c1-10-5-6-13-12(7-8-17)15-14(16(13)9-10)11-3-2-4-11/h5-6,8-9,11H,2-4,7H2,1H3. The number of aldehydes is 1. The third-order valence-corrected chi connectivity index (χ3v) is 3.64. The summed E-state index contributed by atoms with van der Waals surface area (Å²) in [7, 11) is 0. The first kappa shape index (κ1) is 10.5. The smallest absolute Gasteiger partial charge is 0.126 e. The van der Waals surface area contributed by atoms with E-state index in [0.29, 0.717) is 12.3 Å². The van der Waals surface area contributed by atoms with E-state index in [4.69, 9.17) is 0 Å². The topological polar surface area (TPSA) is 34.4 Å². The molecule has 88 valence electrons. The summed E-state index contributed by atoms with van der Waals surface area (Å²) in [5.74, 6) is 1.73. The molecule has 0 saturated heterocycles. The van der Waals surface area contributed by atoms with Crippen molar-refractivity contribution in [1.82, 2.24) is 9.38 Å². The SMILES string of the molecule is Cc1ccc2c(CC=O)nc(C3CCC3)n2c1. The number of hydrogen-bond acceptors (Lipinski definition) is 2. The highest BCUT2D eigenvalue weighted by Gasteiger charge is 2.25. The summed E-state index contributed by atoms with van der Waals surface area (Å²) < 4.78 is 2.18. The van der Waals surface area contributed by atoms with Gasteiger partial charge in [-0.25, -0.2) is 4.98 Å². The quantitative estimate of drug-likeness (QED) is 0.757. The highest BCUT2D eigenvalue weighted by molar-refractivity contribution is 5.63. The van der Waals surface area contributed by atoms with Gasteiger partial charge in [-0.1, -0.05) is 12.5 Å². The van der Waals surface area contributed by atoms with Crippen molar-refractivity contribution in [3.05, 3.63) is 35.4 Å². The van der Waals surface area contributed by atoms with Gasteiger partial charge in [0.2, 0.25) is 0 Å². The Balaban J connectivity index is 2.18. The molecule has 0 spiro atoms. The van der Waals surface area contributed by atoms with E-state index in [9.17, 15) is 4.79 Å². The maximum Gasteiger partial charge on any atom is 0.126 e. The lowest BCUT2D eigenvalue weighted by Gasteiger charge is -2.24. The van der Waals surface area contributed by atoms with Gasteiger partial charge < -0.3 is 9.20 Å². The number of pyridine rings is 1. The molecule has 2 aromatic heterocycles. The molecule has 0 aromatic carbocycles. The van der Waals surface area contributed by atoms with Gasteiger partial charge in [0.25, 0.3) is 0 Å². The van der Waals surface area contributed by atoms with Crippen LogP contribution in [-0.2, 0) is 11.2 Å². The number of hydrogen-bond donors (Lipinski definition) is 0. The van der Waals surface area contributed by atoms with Crippen molar-refractivity contribution in [3.63, 3.8) is 0 Å². The van der Waals surface area contributed by atoms with E-state index in [2.05, 4.69) is 34.6 Å². The van der Waals surface area contributed by atoms with E-state index >= 15 is 0 Å². The lowest BCUT2D eigenvalue weighted by Crippen LogP contribution is -2.12. The fraction of sp³-hybridized carbons (Fsp3) is 0.429. The molecule has 1 fully saturated rings. The Hall–Kier alpha value is -1.64. The summed E-state index contributed by atoms with van der Waals surface area (Å²) in [4.78, 5) is 15.4. The van der Waals surface area contributed by atoms with E-state index < -0.39 is 0 Å². The molecule has 3 rings (SSSR count). The Morgan fingerprint density at radius 3 is 2.94 bits per heavy atom. The van der Waals surface area contributed by atoms with Crippen molar-refractivity contribution in [2.24, 2.45) is 0 Å². The number of aromatic nitrogens is 2. The van der Waals surface area contributed by atoms with Crippen LogP contribution in [0.2, 0.25) is 0 Å². The summed E-state index contributed by atoms with van der Waals surface area (Å²) in [5, 5.41) is 0. The van der Waals surface area contributed by atoms with Crippen molar-refractivity contribution in [2.45, 2.75) is 38.5 Å². The molecule has 1 saturated carbocycles. The first-order valence-corrected chi connectivity index (χ1v) is 6.20. The maximum absolute atomic E-state index is 10.7. The highest BCUT2D eigenvalue weighted by atomic mass is 16.1. The van der Waals surface area contributed by atoms with Gasteiger partial charge in [-0.3, -0.25) is 0 Å². The van der Waals surface area contributed by atoms with E-state index in [1.807, 2.05) is 0 Å². The Kier molecular flexibility index (Phi) is 2.46. The van der Waals surface area contributed by atoms with Crippen LogP contribution in [-0.4, -0.2) is 15.7 Å². The fourth-order valence-corrected chi connectivity index (χ4v) is 2.46. The van der Waals surface area contributed by atoms with Gasteiger partial charge in [-0.15, -0.1) is 0 Å². The number of carbonyl (C=O) groups is 1. The number of aryl methyl sites for hydroxylation is 1. The summed E-state index contributed by atoms with van der Waals surface area (Å²) in [6.07, 6.45) is 7.24. The average Bonchev–Trinajstić information content (AvgIpc) is 2.55. The highest BCUT2D eigenvalue weighted by Crippen LogP contribution is 2.36. The fourth-order valence-electron chi connectivity index (χ4n) is 2.46. The van der Waals surface area contributed by atoms with Crippen LogP contribution < -0.4 is 0 Å². The lowest BCUT2D eigenvalue weighted by molar-refractivity contribution is -0.107. The minimum atomic E-state index is 0.416. The van der Waals surface area contributed by atoms with Crippen LogP contribution in [0.25, 0.3) is 5.52 Å². The minimum Gasteiger partial charge on any atom is -0.303 e. The molecule has 0 atom stereocenters. The molecular weight excluding hydrogens is 212 g/mol. The van der Waals surface area contributed by atoms with Crippen LogP contribution in [0.3, 0.4) is 0 Å². The van der Waals surface area contributed by atoms with E-state index in [1.165, 1.54) is 24.8 Å². The Labute approximate surface area is 100 Å². The van der Waals surface area contributed by atoms with Gasteiger partial charge in [-0.2, -0.15) is 0 Å². The molecule has 0 aliphatic heterocycles. The van der Waals surface area contributed by atoms with Crippen molar-refractivity contribution in [2.75, 3.05) is 0 Å². The number of nitrogens with zero attached hydrogens (tertiary/aromatic N) is 2. The van der Waals surface area contributed by atoms with Gasteiger partial charge in [0, 0.05) is 18.5 Å². The van der Waals surface area contributed by atoms with Gasteiger partial charge in [0.1, 0.15) is 12.1 Å². The van der Waals surface area contributed by atoms with Gasteiger partial charge in [-0.05, 0) is 31.4 Å². The van der Waals surface area contributed by atoms with Crippen molar-refractivity contribution in [1.29, 1.82) is 0 Å². The molecule has 0 bridgehead atoms. The molecule has 0 amide bonds. The van der Waals surface area contributed by atoms with Gasteiger partial charge in [0.05, 0.1) is 11.2 Å². The first-order valence-electron chi connectivity index (χ1n) is 6.20. The minimum absolute atomic E-state index is 0.416. The van der Waals surface area contributed by atoms with Crippen LogP contribution in [0.5, 0.6) is 0 Å². The third-order valence-electron chi connectivity index (χ3n) is 3.64. The molecule has 1 aliphatic carbocycles. The van der Waals surface area contributed by atoms with Gasteiger partial charge in [0.15, 0.2) is 0 Å². The molecular formula is C14H16N2O. The Morgan fingerprint density at radius 1 is 1.47 bits per heavy atom. The van der Waals surface area contributed by atoms with Gasteiger partial charge >= 0.3 is 0 Å². The number of fused-ring (bicyclic) bond motifs is 1. The zero-order valence-corrected chi connectivity index (χ0v) is 10.0. The van der Waals surface area contributed by atoms with Crippen LogP contribution in [0, 0.1) is 6.92 Å². The Bertz CT molecular complexity index is 567. The third kappa shape index (κ3) is 1.66.